The number of aliphatic carboxylic acids is 1. The first-order valence-electron chi connectivity index (χ1n) is 4.44. The number of ether oxygens (including phenoxy) is 1. The van der Waals surface area contributed by atoms with Crippen LogP contribution in [0.4, 0.5) is 4.79 Å². The summed E-state index contributed by atoms with van der Waals surface area (Å²) in [6.07, 6.45) is 1.06. The van der Waals surface area contributed by atoms with E-state index >= 15 is 0 Å². The van der Waals surface area contributed by atoms with Crippen molar-refractivity contribution in [2.24, 2.45) is 5.92 Å². The lowest BCUT2D eigenvalue weighted by Gasteiger charge is -2.13. The second-order valence-corrected chi connectivity index (χ2v) is 3.54. The van der Waals surface area contributed by atoms with Crippen LogP contribution in [-0.2, 0) is 9.53 Å². The number of nitrogens with one attached hydrogen (secondary N) is 1. The van der Waals surface area contributed by atoms with E-state index < -0.39 is 17.6 Å². The van der Waals surface area contributed by atoms with Crippen LogP contribution in [0.5, 0.6) is 0 Å². The van der Waals surface area contributed by atoms with Gasteiger partial charge in [-0.25, -0.2) is 9.59 Å². The first-order chi connectivity index (χ1) is 6.92. The van der Waals surface area contributed by atoms with Crippen molar-refractivity contribution in [1.29, 1.82) is 0 Å². The van der Waals surface area contributed by atoms with E-state index in [1.54, 1.807) is 0 Å². The highest BCUT2D eigenvalue weighted by Gasteiger charge is 2.60. The number of carbonyl (C=O) groups excluding carboxylic acids is 1. The van der Waals surface area contributed by atoms with Gasteiger partial charge in [0.2, 0.25) is 0 Å². The molecule has 0 aromatic carbocycles. The van der Waals surface area contributed by atoms with Crippen molar-refractivity contribution >= 4 is 12.1 Å². The Hall–Kier alpha value is -1.78. The average Bonchev–Trinajstić information content (AvgIpc) is 2.78. The summed E-state index contributed by atoms with van der Waals surface area (Å²) in [5, 5.41) is 11.3. The van der Waals surface area contributed by atoms with Crippen molar-refractivity contribution in [1.82, 2.24) is 5.32 Å². The fraction of sp³-hybridized carbons (Fsp3) is 0.400. The summed E-state index contributed by atoms with van der Waals surface area (Å²) in [4.78, 5) is 22.1. The molecule has 1 rings (SSSR count). The number of carbonyl (C=O) groups is 2. The van der Waals surface area contributed by atoms with Crippen LogP contribution in [-0.4, -0.2) is 22.7 Å². The van der Waals surface area contributed by atoms with Crippen LogP contribution in [0.1, 0.15) is 13.3 Å². The van der Waals surface area contributed by atoms with Crippen molar-refractivity contribution in [3.8, 4) is 0 Å². The van der Waals surface area contributed by atoms with Crippen LogP contribution in [0.15, 0.2) is 25.0 Å². The van der Waals surface area contributed by atoms with Gasteiger partial charge < -0.3 is 15.2 Å². The van der Waals surface area contributed by atoms with Crippen molar-refractivity contribution in [3.05, 3.63) is 25.0 Å². The lowest BCUT2D eigenvalue weighted by atomic mass is 10.2. The Morgan fingerprint density at radius 2 is 2.27 bits per heavy atom. The van der Waals surface area contributed by atoms with Gasteiger partial charge in [0.25, 0.3) is 0 Å². The molecule has 1 amide bonds. The van der Waals surface area contributed by atoms with Crippen molar-refractivity contribution < 1.29 is 19.4 Å². The number of hydrogen-bond donors (Lipinski definition) is 2. The molecular weight excluding hydrogens is 198 g/mol. The molecule has 1 fully saturated rings. The fourth-order valence-corrected chi connectivity index (χ4v) is 1.38. The molecule has 0 heterocycles. The van der Waals surface area contributed by atoms with E-state index in [1.807, 2.05) is 0 Å². The van der Waals surface area contributed by atoms with E-state index in [1.165, 1.54) is 13.0 Å². The van der Waals surface area contributed by atoms with Crippen molar-refractivity contribution in [3.63, 3.8) is 0 Å². The van der Waals surface area contributed by atoms with Gasteiger partial charge in [-0.1, -0.05) is 12.7 Å². The van der Waals surface area contributed by atoms with Gasteiger partial charge >= 0.3 is 12.1 Å². The maximum absolute atomic E-state index is 11.2. The Balaban J connectivity index is 2.63. The van der Waals surface area contributed by atoms with Gasteiger partial charge in [-0.2, -0.15) is 0 Å². The summed E-state index contributed by atoms with van der Waals surface area (Å²) >= 11 is 0. The smallest absolute Gasteiger partial charge is 0.413 e. The molecule has 0 aromatic rings. The first kappa shape index (κ1) is 11.3. The van der Waals surface area contributed by atoms with E-state index in [0.29, 0.717) is 6.42 Å². The molecular formula is C10H13NO4. The number of carboxylic acids is 1. The molecule has 0 aliphatic heterocycles. The predicted molar refractivity (Wildman–Crippen MR) is 53.1 cm³/mol. The van der Waals surface area contributed by atoms with E-state index in [0.717, 1.165) is 0 Å². The molecule has 2 unspecified atom stereocenters. The van der Waals surface area contributed by atoms with E-state index in [9.17, 15) is 9.59 Å². The van der Waals surface area contributed by atoms with Gasteiger partial charge in [0, 0.05) is 5.92 Å². The SMILES string of the molecule is C=CC1CC1(NC(=O)OC(=C)C)C(=O)O. The third kappa shape index (κ3) is 2.18. The molecule has 1 aliphatic carbocycles. The molecule has 2 N–H and O–H groups in total. The van der Waals surface area contributed by atoms with Crippen LogP contribution in [0.3, 0.4) is 0 Å². The van der Waals surface area contributed by atoms with Gasteiger partial charge in [-0.3, -0.25) is 0 Å². The highest BCUT2D eigenvalue weighted by Crippen LogP contribution is 2.44. The van der Waals surface area contributed by atoms with Gasteiger partial charge in [0.05, 0.1) is 5.76 Å². The van der Waals surface area contributed by atoms with Crippen LogP contribution < -0.4 is 5.32 Å². The minimum absolute atomic E-state index is 0.212. The Kier molecular flexibility index (Phi) is 2.83. The minimum Gasteiger partial charge on any atom is -0.479 e. The lowest BCUT2D eigenvalue weighted by Crippen LogP contribution is -2.44. The predicted octanol–water partition coefficient (Wildman–Crippen LogP) is 1.28. The Bertz CT molecular complexity index is 336. The maximum atomic E-state index is 11.2. The minimum atomic E-state index is -1.24. The zero-order valence-electron chi connectivity index (χ0n) is 8.45. The molecule has 5 heteroatoms. The third-order valence-electron chi connectivity index (χ3n) is 2.27. The Labute approximate surface area is 87.4 Å². The maximum Gasteiger partial charge on any atom is 0.413 e. The molecule has 0 spiro atoms. The summed E-state index contributed by atoms with van der Waals surface area (Å²) in [6.45, 7) is 8.38. The van der Waals surface area contributed by atoms with E-state index in [4.69, 9.17) is 5.11 Å². The molecule has 0 aromatic heterocycles. The number of amides is 1. The molecule has 15 heavy (non-hydrogen) atoms. The van der Waals surface area contributed by atoms with Crippen LogP contribution >= 0.6 is 0 Å². The molecule has 0 bridgehead atoms. The van der Waals surface area contributed by atoms with Crippen molar-refractivity contribution in [2.75, 3.05) is 0 Å². The number of allylic oxidation sites excluding steroid dienone is 1. The fourth-order valence-electron chi connectivity index (χ4n) is 1.38. The van der Waals surface area contributed by atoms with E-state index in [2.05, 4.69) is 23.2 Å². The van der Waals surface area contributed by atoms with Crippen LogP contribution in [0.2, 0.25) is 0 Å². The second-order valence-electron chi connectivity index (χ2n) is 3.54. The number of hydrogen-bond acceptors (Lipinski definition) is 3. The number of rotatable bonds is 4. The first-order valence-corrected chi connectivity index (χ1v) is 4.44. The zero-order chi connectivity index (χ0) is 11.6. The molecule has 1 saturated carbocycles. The summed E-state index contributed by atoms with van der Waals surface area (Å²) in [6, 6.07) is 0. The largest absolute Gasteiger partial charge is 0.479 e. The van der Waals surface area contributed by atoms with Crippen LogP contribution in [0, 0.1) is 5.92 Å². The average molecular weight is 211 g/mol. The summed E-state index contributed by atoms with van der Waals surface area (Å²) < 4.78 is 4.63. The topological polar surface area (TPSA) is 75.6 Å². The monoisotopic (exact) mass is 211 g/mol. The summed E-state index contributed by atoms with van der Waals surface area (Å²) in [7, 11) is 0. The van der Waals surface area contributed by atoms with Gasteiger partial charge in [-0.15, -0.1) is 6.58 Å². The lowest BCUT2D eigenvalue weighted by molar-refractivity contribution is -0.140. The Morgan fingerprint density at radius 1 is 1.67 bits per heavy atom. The van der Waals surface area contributed by atoms with E-state index in [-0.39, 0.29) is 11.7 Å². The molecule has 1 aliphatic rings. The highest BCUT2D eigenvalue weighted by atomic mass is 16.6. The number of carboxylic acid groups (broad SMARTS) is 1. The molecule has 2 atom stereocenters. The third-order valence-corrected chi connectivity index (χ3v) is 2.27. The molecule has 82 valence electrons. The second kappa shape index (κ2) is 3.76. The van der Waals surface area contributed by atoms with Crippen LogP contribution in [0.25, 0.3) is 0 Å². The highest BCUT2D eigenvalue weighted by molar-refractivity contribution is 5.88. The summed E-state index contributed by atoms with van der Waals surface area (Å²) in [5.74, 6) is -1.11. The number of alkyl carbamates (subject to hydrolysis) is 1. The quantitative estimate of drug-likeness (QED) is 0.542. The standard InChI is InChI=1S/C10H13NO4/c1-4-7-5-10(7,8(12)13)11-9(14)15-6(2)3/h4,7H,1-2,5H2,3H3,(H,11,14)(H,12,13). The zero-order valence-corrected chi connectivity index (χ0v) is 8.45. The molecule has 5 nitrogen and oxygen atoms in total. The van der Waals surface area contributed by atoms with Gasteiger partial charge in [-0.05, 0) is 13.3 Å². The van der Waals surface area contributed by atoms with Gasteiger partial charge in [0.1, 0.15) is 5.54 Å². The van der Waals surface area contributed by atoms with Gasteiger partial charge in [0.15, 0.2) is 0 Å². The Morgan fingerprint density at radius 3 is 2.60 bits per heavy atom. The molecule has 0 radical (unpaired) electrons. The molecule has 0 saturated heterocycles. The van der Waals surface area contributed by atoms with Crippen molar-refractivity contribution in [2.45, 2.75) is 18.9 Å². The normalized spacial score (nSPS) is 27.7. The summed E-state index contributed by atoms with van der Waals surface area (Å²) in [5.41, 5.74) is -1.24.